The number of hydrogen-bond acceptors (Lipinski definition) is 8. The molecular weight excluding hydrogens is 731 g/mol. The minimum absolute atomic E-state index is 0.0547. The number of carbonyl (C=O) groups is 3. The molecule has 0 saturated carbocycles. The van der Waals surface area contributed by atoms with Crippen LogP contribution in [0.4, 0.5) is 18.0 Å². The van der Waals surface area contributed by atoms with Gasteiger partial charge in [-0.15, -0.1) is 0 Å². The van der Waals surface area contributed by atoms with Crippen molar-refractivity contribution < 1.29 is 46.9 Å². The number of piperazine rings is 1. The summed E-state index contributed by atoms with van der Waals surface area (Å²) >= 11 is 0. The van der Waals surface area contributed by atoms with Crippen LogP contribution in [0.2, 0.25) is 0 Å². The van der Waals surface area contributed by atoms with Crippen LogP contribution in [0.15, 0.2) is 66.7 Å². The molecule has 3 aromatic rings. The highest BCUT2D eigenvalue weighted by Gasteiger charge is 2.44. The van der Waals surface area contributed by atoms with Gasteiger partial charge in [-0.3, -0.25) is 14.5 Å². The van der Waals surface area contributed by atoms with Crippen molar-refractivity contribution in [3.63, 3.8) is 0 Å². The Morgan fingerprint density at radius 1 is 0.750 bits per heavy atom. The number of urea groups is 1. The number of nitrogens with zero attached hydrogens (tertiary/aromatic N) is 4. The van der Waals surface area contributed by atoms with Gasteiger partial charge in [0.1, 0.15) is 0 Å². The van der Waals surface area contributed by atoms with Crippen molar-refractivity contribution in [2.75, 3.05) is 86.8 Å². The van der Waals surface area contributed by atoms with Crippen LogP contribution >= 0.6 is 0 Å². The number of nitrogens with one attached hydrogen (secondary N) is 1. The standard InChI is InChI=1S/C41H50F3N5O7/c1-54-33-25-29(26-34(55-2)36(33)56-3)37(52)49-20-14-39(28-49,30-9-11-32(12-10-30)41(42,43)44)13-17-46-18-15-40(16-19-46,31-7-5-4-6-8-31)45-38(53)48-23-21-47(22-24-48)27-35(50)51/h4-12,25-26H,13-24,27-28H2,1-3H3,(H,45,53)(H,50,51). The summed E-state index contributed by atoms with van der Waals surface area (Å²) in [4.78, 5) is 46.5. The van der Waals surface area contributed by atoms with Crippen molar-refractivity contribution in [3.05, 3.63) is 89.0 Å². The van der Waals surface area contributed by atoms with Crippen LogP contribution in [0, 0.1) is 0 Å². The summed E-state index contributed by atoms with van der Waals surface area (Å²) in [7, 11) is 4.43. The summed E-state index contributed by atoms with van der Waals surface area (Å²) in [5, 5.41) is 12.5. The zero-order valence-corrected chi connectivity index (χ0v) is 32.1. The molecule has 15 heteroatoms. The molecular formula is C41H50F3N5O7. The predicted octanol–water partition coefficient (Wildman–Crippen LogP) is 5.31. The van der Waals surface area contributed by atoms with Crippen molar-refractivity contribution in [1.82, 2.24) is 24.9 Å². The second-order valence-corrected chi connectivity index (χ2v) is 14.9. The quantitative estimate of drug-likeness (QED) is 0.252. The van der Waals surface area contributed by atoms with E-state index in [9.17, 15) is 27.6 Å². The number of alkyl halides is 3. The Bertz CT molecular complexity index is 1820. The number of likely N-dealkylation sites (tertiary alicyclic amines) is 2. The Balaban J connectivity index is 1.18. The van der Waals surface area contributed by atoms with Gasteiger partial charge < -0.3 is 39.3 Å². The van der Waals surface area contributed by atoms with Crippen molar-refractivity contribution in [2.45, 2.75) is 42.8 Å². The number of ether oxygens (including phenoxy) is 3. The van der Waals surface area contributed by atoms with Gasteiger partial charge in [-0.1, -0.05) is 42.5 Å². The van der Waals surface area contributed by atoms with E-state index in [2.05, 4.69) is 10.2 Å². The Morgan fingerprint density at radius 2 is 1.38 bits per heavy atom. The molecule has 0 spiro atoms. The number of carbonyl (C=O) groups excluding carboxylic acids is 2. The molecule has 3 aliphatic heterocycles. The number of carboxylic acid groups (broad SMARTS) is 1. The summed E-state index contributed by atoms with van der Waals surface area (Å²) in [5.41, 5.74) is 0.158. The molecule has 3 fully saturated rings. The molecule has 0 aromatic heterocycles. The SMILES string of the molecule is COc1cc(C(=O)N2CCC(CCN3CCC(NC(=O)N4CCN(CC(=O)O)CC4)(c4ccccc4)CC3)(c3ccc(C(F)(F)F)cc3)C2)cc(OC)c1OC. The number of hydrogen-bond donors (Lipinski definition) is 2. The van der Waals surface area contributed by atoms with Crippen LogP contribution in [-0.4, -0.2) is 129 Å². The molecule has 302 valence electrons. The summed E-state index contributed by atoms with van der Waals surface area (Å²) in [6, 6.07) is 18.3. The van der Waals surface area contributed by atoms with E-state index in [4.69, 9.17) is 19.3 Å². The second-order valence-electron chi connectivity index (χ2n) is 14.9. The minimum atomic E-state index is -4.47. The average Bonchev–Trinajstić information content (AvgIpc) is 3.65. The zero-order valence-electron chi connectivity index (χ0n) is 32.1. The number of piperidine rings is 1. The minimum Gasteiger partial charge on any atom is -0.493 e. The number of aliphatic carboxylic acids is 1. The fraction of sp³-hybridized carbons (Fsp3) is 0.488. The van der Waals surface area contributed by atoms with Gasteiger partial charge in [0.15, 0.2) is 11.5 Å². The lowest BCUT2D eigenvalue weighted by Gasteiger charge is -2.45. The van der Waals surface area contributed by atoms with Gasteiger partial charge in [-0.2, -0.15) is 13.2 Å². The average molecular weight is 782 g/mol. The van der Waals surface area contributed by atoms with Gasteiger partial charge in [0, 0.05) is 63.3 Å². The molecule has 0 bridgehead atoms. The van der Waals surface area contributed by atoms with Gasteiger partial charge >= 0.3 is 18.2 Å². The highest BCUT2D eigenvalue weighted by Crippen LogP contribution is 2.43. The van der Waals surface area contributed by atoms with Crippen molar-refractivity contribution in [1.29, 1.82) is 0 Å². The first-order valence-corrected chi connectivity index (χ1v) is 18.9. The van der Waals surface area contributed by atoms with E-state index in [1.54, 1.807) is 34.1 Å². The second kappa shape index (κ2) is 17.0. The van der Waals surface area contributed by atoms with Crippen LogP contribution < -0.4 is 19.5 Å². The smallest absolute Gasteiger partial charge is 0.416 e. The van der Waals surface area contributed by atoms with Crippen LogP contribution in [0.3, 0.4) is 0 Å². The van der Waals surface area contributed by atoms with Gasteiger partial charge in [0.25, 0.3) is 5.91 Å². The lowest BCUT2D eigenvalue weighted by atomic mass is 9.76. The molecule has 3 aliphatic rings. The molecule has 6 rings (SSSR count). The summed E-state index contributed by atoms with van der Waals surface area (Å²) in [6.45, 7) is 4.46. The maximum Gasteiger partial charge on any atom is 0.416 e. The highest BCUT2D eigenvalue weighted by atomic mass is 19.4. The topological polar surface area (TPSA) is 124 Å². The van der Waals surface area contributed by atoms with E-state index in [1.807, 2.05) is 35.2 Å². The number of benzene rings is 3. The molecule has 1 atom stereocenters. The normalized spacial score (nSPS) is 20.4. The van der Waals surface area contributed by atoms with Crippen LogP contribution in [0.25, 0.3) is 0 Å². The van der Waals surface area contributed by atoms with Crippen LogP contribution in [0.5, 0.6) is 17.2 Å². The molecule has 1 unspecified atom stereocenters. The van der Waals surface area contributed by atoms with E-state index in [-0.39, 0.29) is 18.5 Å². The molecule has 0 aliphatic carbocycles. The summed E-state index contributed by atoms with van der Waals surface area (Å²) in [6.07, 6.45) is -2.03. The molecule has 3 saturated heterocycles. The molecule has 56 heavy (non-hydrogen) atoms. The van der Waals surface area contributed by atoms with E-state index < -0.39 is 28.7 Å². The van der Waals surface area contributed by atoms with E-state index in [0.717, 1.165) is 23.3 Å². The maximum atomic E-state index is 14.0. The van der Waals surface area contributed by atoms with Gasteiger partial charge in [-0.25, -0.2) is 4.79 Å². The number of rotatable bonds is 12. The number of amides is 3. The first-order valence-electron chi connectivity index (χ1n) is 18.9. The lowest BCUT2D eigenvalue weighted by molar-refractivity contribution is -0.139. The molecule has 2 N–H and O–H groups in total. The third-order valence-corrected chi connectivity index (χ3v) is 11.7. The zero-order chi connectivity index (χ0) is 40.1. The Hall–Kier alpha value is -5.02. The first-order chi connectivity index (χ1) is 26.8. The van der Waals surface area contributed by atoms with E-state index >= 15 is 0 Å². The molecule has 3 heterocycles. The van der Waals surface area contributed by atoms with Crippen LogP contribution in [-0.2, 0) is 21.9 Å². The van der Waals surface area contributed by atoms with Gasteiger partial charge in [-0.05, 0) is 67.6 Å². The number of carboxylic acids is 1. The lowest BCUT2D eigenvalue weighted by Crippen LogP contribution is -2.59. The van der Waals surface area contributed by atoms with Crippen molar-refractivity contribution >= 4 is 17.9 Å². The Labute approximate surface area is 325 Å². The van der Waals surface area contributed by atoms with Crippen molar-refractivity contribution in [2.24, 2.45) is 0 Å². The molecule has 3 aromatic carbocycles. The Kier molecular flexibility index (Phi) is 12.3. The highest BCUT2D eigenvalue weighted by molar-refractivity contribution is 5.96. The first kappa shape index (κ1) is 40.6. The third-order valence-electron chi connectivity index (χ3n) is 11.7. The number of methoxy groups -OCH3 is 3. The van der Waals surface area contributed by atoms with E-state index in [1.165, 1.54) is 21.3 Å². The predicted molar refractivity (Wildman–Crippen MR) is 202 cm³/mol. The van der Waals surface area contributed by atoms with Crippen molar-refractivity contribution in [3.8, 4) is 17.2 Å². The summed E-state index contributed by atoms with van der Waals surface area (Å²) in [5.74, 6) is -0.0931. The fourth-order valence-corrected chi connectivity index (χ4v) is 8.39. The van der Waals surface area contributed by atoms with Gasteiger partial charge in [0.05, 0.1) is 39.0 Å². The molecule has 0 radical (unpaired) electrons. The van der Waals surface area contributed by atoms with Gasteiger partial charge in [0.2, 0.25) is 5.75 Å². The van der Waals surface area contributed by atoms with Crippen LogP contribution in [0.1, 0.15) is 52.7 Å². The largest absolute Gasteiger partial charge is 0.493 e. The number of halogens is 3. The van der Waals surface area contributed by atoms with E-state index in [0.29, 0.717) is 107 Å². The monoisotopic (exact) mass is 781 g/mol. The fourth-order valence-electron chi connectivity index (χ4n) is 8.39. The summed E-state index contributed by atoms with van der Waals surface area (Å²) < 4.78 is 57.2. The Morgan fingerprint density at radius 3 is 1.93 bits per heavy atom. The maximum absolute atomic E-state index is 14.0. The molecule has 12 nitrogen and oxygen atoms in total. The third kappa shape index (κ3) is 8.83. The molecule has 3 amide bonds.